The van der Waals surface area contributed by atoms with Crippen LogP contribution in [0.4, 0.5) is 4.79 Å². The predicted octanol–water partition coefficient (Wildman–Crippen LogP) is 1.15. The van der Waals surface area contributed by atoms with Gasteiger partial charge in [-0.25, -0.2) is 14.6 Å². The van der Waals surface area contributed by atoms with Gasteiger partial charge in [0.15, 0.2) is 5.65 Å². The van der Waals surface area contributed by atoms with Crippen LogP contribution in [-0.4, -0.2) is 36.2 Å². The Hall–Kier alpha value is -3.43. The summed E-state index contributed by atoms with van der Waals surface area (Å²) in [7, 11) is 1.50. The molecule has 3 rings (SSSR count). The summed E-state index contributed by atoms with van der Waals surface area (Å²) in [5.41, 5.74) is -0.608. The summed E-state index contributed by atoms with van der Waals surface area (Å²) in [5, 5.41) is 2.77. The Morgan fingerprint density at radius 3 is 2.71 bits per heavy atom. The molecule has 0 unspecified atom stereocenters. The molecule has 10 heteroatoms. The Balaban J connectivity index is 2.00. The number of pyridine rings is 1. The minimum Gasteiger partial charge on any atom is -0.444 e. The van der Waals surface area contributed by atoms with E-state index < -0.39 is 29.0 Å². The summed E-state index contributed by atoms with van der Waals surface area (Å²) in [5.74, 6) is 0.330. The molecule has 3 N–H and O–H groups in total. The second kappa shape index (κ2) is 7.29. The number of nitrogens with zero attached hydrogens (tertiary/aromatic N) is 3. The molecule has 0 radical (unpaired) electrons. The predicted molar refractivity (Wildman–Crippen MR) is 102 cm³/mol. The summed E-state index contributed by atoms with van der Waals surface area (Å²) in [6.45, 7) is 5.29. The minimum atomic E-state index is -0.669. The van der Waals surface area contributed by atoms with Gasteiger partial charge >= 0.3 is 11.8 Å². The highest BCUT2D eigenvalue weighted by molar-refractivity contribution is 5.71. The highest BCUT2D eigenvalue weighted by Gasteiger charge is 2.24. The van der Waals surface area contributed by atoms with Crippen molar-refractivity contribution in [3.8, 4) is 0 Å². The zero-order chi connectivity index (χ0) is 20.5. The average Bonchev–Trinajstić information content (AvgIpc) is 3.05. The van der Waals surface area contributed by atoms with Gasteiger partial charge in [0, 0.05) is 25.9 Å². The molecule has 0 fully saturated rings. The van der Waals surface area contributed by atoms with Crippen molar-refractivity contribution >= 4 is 17.3 Å². The van der Waals surface area contributed by atoms with Crippen molar-refractivity contribution in [2.24, 2.45) is 7.05 Å². The maximum atomic E-state index is 12.3. The lowest BCUT2D eigenvalue weighted by Crippen LogP contribution is -2.36. The van der Waals surface area contributed by atoms with Gasteiger partial charge in [-0.05, 0) is 32.4 Å². The van der Waals surface area contributed by atoms with E-state index in [1.165, 1.54) is 11.6 Å². The molecule has 0 aliphatic heterocycles. The van der Waals surface area contributed by atoms with Gasteiger partial charge < -0.3 is 15.0 Å². The van der Waals surface area contributed by atoms with Gasteiger partial charge in [0.2, 0.25) is 0 Å². The van der Waals surface area contributed by atoms with E-state index in [2.05, 4.69) is 25.3 Å². The second-order valence-electron chi connectivity index (χ2n) is 7.40. The lowest BCUT2D eigenvalue weighted by molar-refractivity contribution is 0.0501. The molecule has 0 bridgehead atoms. The molecule has 0 aliphatic carbocycles. The van der Waals surface area contributed by atoms with Crippen molar-refractivity contribution in [2.45, 2.75) is 38.8 Å². The minimum absolute atomic E-state index is 0.152. The lowest BCUT2D eigenvalue weighted by atomic mass is 10.1. The van der Waals surface area contributed by atoms with Crippen LogP contribution in [0.3, 0.4) is 0 Å². The van der Waals surface area contributed by atoms with E-state index in [9.17, 15) is 14.4 Å². The number of aromatic amines is 2. The van der Waals surface area contributed by atoms with Crippen molar-refractivity contribution < 1.29 is 9.53 Å². The molecule has 0 saturated heterocycles. The molecule has 3 aromatic rings. The molecule has 3 aromatic heterocycles. The molecule has 148 valence electrons. The number of rotatable bonds is 4. The van der Waals surface area contributed by atoms with Crippen LogP contribution >= 0.6 is 0 Å². The van der Waals surface area contributed by atoms with Gasteiger partial charge in [-0.1, -0.05) is 6.07 Å². The van der Waals surface area contributed by atoms with Crippen LogP contribution in [0.15, 0.2) is 34.1 Å². The number of carbonyl (C=O) groups is 1. The first-order valence-electron chi connectivity index (χ1n) is 8.71. The number of aryl methyl sites for hydroxylation is 1. The second-order valence-corrected chi connectivity index (χ2v) is 7.40. The van der Waals surface area contributed by atoms with E-state index in [4.69, 9.17) is 4.74 Å². The zero-order valence-electron chi connectivity index (χ0n) is 16.1. The van der Waals surface area contributed by atoms with Gasteiger partial charge in [-0.3, -0.25) is 19.3 Å². The van der Waals surface area contributed by atoms with Crippen LogP contribution in [0.25, 0.3) is 11.2 Å². The maximum Gasteiger partial charge on any atom is 0.408 e. The van der Waals surface area contributed by atoms with E-state index >= 15 is 0 Å². The SMILES string of the molecule is Cn1c(=O)[nH]c(=O)c2[nH]c([C@@H](Cc3cccnc3)NC(=O)OC(C)(C)C)nc21. The summed E-state index contributed by atoms with van der Waals surface area (Å²) in [4.78, 5) is 49.8. The van der Waals surface area contributed by atoms with Crippen LogP contribution in [0.1, 0.15) is 38.2 Å². The Bertz CT molecular complexity index is 1110. The lowest BCUT2D eigenvalue weighted by Gasteiger charge is -2.22. The third-order valence-electron chi connectivity index (χ3n) is 3.96. The first-order valence-corrected chi connectivity index (χ1v) is 8.71. The van der Waals surface area contributed by atoms with Crippen molar-refractivity contribution in [1.82, 2.24) is 29.8 Å². The quantitative estimate of drug-likeness (QED) is 0.616. The van der Waals surface area contributed by atoms with Crippen LogP contribution in [0.2, 0.25) is 0 Å². The number of hydrogen-bond acceptors (Lipinski definition) is 6. The van der Waals surface area contributed by atoms with Gasteiger partial charge in [0.1, 0.15) is 16.9 Å². The van der Waals surface area contributed by atoms with E-state index in [1.54, 1.807) is 39.2 Å². The number of amides is 1. The monoisotopic (exact) mass is 386 g/mol. The molecule has 0 saturated carbocycles. The van der Waals surface area contributed by atoms with E-state index in [-0.39, 0.29) is 11.2 Å². The fourth-order valence-electron chi connectivity index (χ4n) is 2.71. The standard InChI is InChI=1S/C18H22N6O4/c1-18(2,3)28-17(27)20-11(8-10-6-5-7-19-9-10)13-21-12-14(22-13)24(4)16(26)23-15(12)25/h5-7,9,11H,8H2,1-4H3,(H,20,27)(H,21,22)(H,23,25,26)/t11-/m1/s1. The van der Waals surface area contributed by atoms with E-state index in [0.29, 0.717) is 12.2 Å². The molecule has 28 heavy (non-hydrogen) atoms. The normalized spacial score (nSPS) is 12.7. The molecular weight excluding hydrogens is 364 g/mol. The summed E-state index contributed by atoms with van der Waals surface area (Å²) >= 11 is 0. The molecule has 10 nitrogen and oxygen atoms in total. The number of alkyl carbamates (subject to hydrolysis) is 1. The van der Waals surface area contributed by atoms with Crippen molar-refractivity contribution in [2.75, 3.05) is 0 Å². The fourth-order valence-corrected chi connectivity index (χ4v) is 2.71. The van der Waals surface area contributed by atoms with Crippen LogP contribution in [0, 0.1) is 0 Å². The smallest absolute Gasteiger partial charge is 0.408 e. The molecule has 0 aliphatic rings. The summed E-state index contributed by atoms with van der Waals surface area (Å²) < 4.78 is 6.57. The largest absolute Gasteiger partial charge is 0.444 e. The van der Waals surface area contributed by atoms with E-state index in [1.807, 2.05) is 6.07 Å². The van der Waals surface area contributed by atoms with Gasteiger partial charge in [0.05, 0.1) is 6.04 Å². The first kappa shape index (κ1) is 19.3. The highest BCUT2D eigenvalue weighted by atomic mass is 16.6. The zero-order valence-corrected chi connectivity index (χ0v) is 16.1. The van der Waals surface area contributed by atoms with Crippen LogP contribution in [0.5, 0.6) is 0 Å². The Labute approximate surface area is 160 Å². The van der Waals surface area contributed by atoms with Crippen molar-refractivity contribution in [1.29, 1.82) is 0 Å². The third kappa shape index (κ3) is 4.27. The Kier molecular flexibility index (Phi) is 5.04. The number of aromatic nitrogens is 5. The average molecular weight is 386 g/mol. The third-order valence-corrected chi connectivity index (χ3v) is 3.96. The number of fused-ring (bicyclic) bond motifs is 1. The molecule has 1 atom stereocenters. The number of nitrogens with one attached hydrogen (secondary N) is 3. The number of H-pyrrole nitrogens is 2. The molecular formula is C18H22N6O4. The molecule has 0 aromatic carbocycles. The van der Waals surface area contributed by atoms with Crippen molar-refractivity contribution in [3.63, 3.8) is 0 Å². The number of hydrogen-bond donors (Lipinski definition) is 3. The summed E-state index contributed by atoms with van der Waals surface area (Å²) in [6, 6.07) is 3.02. The summed E-state index contributed by atoms with van der Waals surface area (Å²) in [6.07, 6.45) is 3.06. The molecule has 1 amide bonds. The molecule has 0 spiro atoms. The van der Waals surface area contributed by atoms with Crippen molar-refractivity contribution in [3.05, 3.63) is 56.8 Å². The molecule has 3 heterocycles. The number of imidazole rings is 1. The van der Waals surface area contributed by atoms with E-state index in [0.717, 1.165) is 5.56 Å². The fraction of sp³-hybridized carbons (Fsp3) is 0.389. The topological polar surface area (TPSA) is 135 Å². The maximum absolute atomic E-state index is 12.3. The Morgan fingerprint density at radius 1 is 1.32 bits per heavy atom. The van der Waals surface area contributed by atoms with Crippen LogP contribution in [-0.2, 0) is 18.2 Å². The van der Waals surface area contributed by atoms with Gasteiger partial charge in [0.25, 0.3) is 5.56 Å². The van der Waals surface area contributed by atoms with Gasteiger partial charge in [-0.2, -0.15) is 0 Å². The first-order chi connectivity index (χ1) is 13.1. The van der Waals surface area contributed by atoms with Crippen LogP contribution < -0.4 is 16.6 Å². The highest BCUT2D eigenvalue weighted by Crippen LogP contribution is 2.18. The Morgan fingerprint density at radius 2 is 2.07 bits per heavy atom. The number of ether oxygens (including phenoxy) is 1. The van der Waals surface area contributed by atoms with Gasteiger partial charge in [-0.15, -0.1) is 0 Å². The number of carbonyl (C=O) groups excluding carboxylic acids is 1.